The van der Waals surface area contributed by atoms with Gasteiger partial charge in [-0.05, 0) is 83.3 Å². The summed E-state index contributed by atoms with van der Waals surface area (Å²) < 4.78 is 6.16. The van der Waals surface area contributed by atoms with E-state index in [1.165, 1.54) is 11.1 Å². The van der Waals surface area contributed by atoms with E-state index in [0.717, 1.165) is 22.8 Å². The lowest BCUT2D eigenvalue weighted by Gasteiger charge is -2.06. The van der Waals surface area contributed by atoms with Crippen molar-refractivity contribution < 1.29 is 14.3 Å². The highest BCUT2D eigenvalue weighted by Crippen LogP contribution is 2.23. The number of esters is 1. The Labute approximate surface area is 142 Å². The molecule has 0 heterocycles. The van der Waals surface area contributed by atoms with E-state index in [1.807, 2.05) is 30.3 Å². The molecule has 2 aromatic carbocycles. The number of rotatable bonds is 4. The number of aryl methyl sites for hydroxylation is 2. The standard InChI is InChI=1S/C18H15IO3/c19-16-8-6-13(7-9-16)18(21)22-11-17(20)15-5-4-12-2-1-3-14(12)10-15/h4-10H,1-3,11H2. The Morgan fingerprint density at radius 1 is 0.955 bits per heavy atom. The maximum Gasteiger partial charge on any atom is 0.338 e. The normalized spacial score (nSPS) is 12.8. The Hall–Kier alpha value is -1.69. The summed E-state index contributed by atoms with van der Waals surface area (Å²) in [6, 6.07) is 12.8. The predicted molar refractivity (Wildman–Crippen MR) is 92.2 cm³/mol. The SMILES string of the molecule is O=C(COC(=O)c1ccc(I)cc1)c1ccc2c(c1)CCC2. The van der Waals surface area contributed by atoms with E-state index in [-0.39, 0.29) is 12.4 Å². The van der Waals surface area contributed by atoms with Gasteiger partial charge in [0.25, 0.3) is 0 Å². The minimum atomic E-state index is -0.467. The molecule has 22 heavy (non-hydrogen) atoms. The maximum absolute atomic E-state index is 12.2. The molecule has 0 atom stereocenters. The summed E-state index contributed by atoms with van der Waals surface area (Å²) in [6.07, 6.45) is 3.26. The predicted octanol–water partition coefficient (Wildman–Crippen LogP) is 3.82. The fourth-order valence-corrected chi connectivity index (χ4v) is 2.99. The molecule has 0 saturated carbocycles. The Morgan fingerprint density at radius 3 is 2.41 bits per heavy atom. The molecule has 0 N–H and O–H groups in total. The van der Waals surface area contributed by atoms with Gasteiger partial charge in [-0.2, -0.15) is 0 Å². The van der Waals surface area contributed by atoms with Crippen LogP contribution in [0.1, 0.15) is 38.3 Å². The van der Waals surface area contributed by atoms with Crippen molar-refractivity contribution in [2.24, 2.45) is 0 Å². The lowest BCUT2D eigenvalue weighted by Crippen LogP contribution is -2.14. The molecule has 1 aliphatic rings. The Balaban J connectivity index is 1.62. The third kappa shape index (κ3) is 3.38. The molecule has 0 saturated heterocycles. The van der Waals surface area contributed by atoms with Crippen LogP contribution in [-0.2, 0) is 17.6 Å². The number of benzene rings is 2. The molecule has 3 rings (SSSR count). The van der Waals surface area contributed by atoms with Gasteiger partial charge in [0.05, 0.1) is 5.56 Å². The number of carbonyl (C=O) groups is 2. The average molecular weight is 406 g/mol. The van der Waals surface area contributed by atoms with Gasteiger partial charge in [-0.3, -0.25) is 4.79 Å². The van der Waals surface area contributed by atoms with Gasteiger partial charge in [0.15, 0.2) is 12.4 Å². The summed E-state index contributed by atoms with van der Waals surface area (Å²) in [4.78, 5) is 24.1. The topological polar surface area (TPSA) is 43.4 Å². The van der Waals surface area contributed by atoms with Gasteiger partial charge >= 0.3 is 5.97 Å². The summed E-state index contributed by atoms with van der Waals surface area (Å²) in [7, 11) is 0. The van der Waals surface area contributed by atoms with Gasteiger partial charge in [-0.15, -0.1) is 0 Å². The van der Waals surface area contributed by atoms with Gasteiger partial charge in [0.2, 0.25) is 0 Å². The molecule has 0 unspecified atom stereocenters. The molecule has 112 valence electrons. The molecular formula is C18H15IO3. The number of ketones is 1. The van der Waals surface area contributed by atoms with E-state index in [4.69, 9.17) is 4.74 Å². The number of hydrogen-bond donors (Lipinski definition) is 0. The van der Waals surface area contributed by atoms with Crippen LogP contribution in [0.15, 0.2) is 42.5 Å². The van der Waals surface area contributed by atoms with Crippen LogP contribution in [0.25, 0.3) is 0 Å². The van der Waals surface area contributed by atoms with Crippen LogP contribution < -0.4 is 0 Å². The second-order valence-corrected chi connectivity index (χ2v) is 6.59. The highest BCUT2D eigenvalue weighted by atomic mass is 127. The van der Waals surface area contributed by atoms with Crippen molar-refractivity contribution in [2.45, 2.75) is 19.3 Å². The minimum absolute atomic E-state index is 0.159. The van der Waals surface area contributed by atoms with E-state index < -0.39 is 5.97 Å². The quantitative estimate of drug-likeness (QED) is 0.441. The molecule has 0 fully saturated rings. The second kappa shape index (κ2) is 6.60. The van der Waals surface area contributed by atoms with Gasteiger partial charge in [0.1, 0.15) is 0 Å². The third-order valence-corrected chi connectivity index (χ3v) is 4.55. The zero-order valence-electron chi connectivity index (χ0n) is 12.0. The first kappa shape index (κ1) is 15.2. The largest absolute Gasteiger partial charge is 0.454 e. The fraction of sp³-hybridized carbons (Fsp3) is 0.222. The van der Waals surface area contributed by atoms with Crippen LogP contribution in [0.3, 0.4) is 0 Å². The van der Waals surface area contributed by atoms with Crippen molar-refractivity contribution in [3.63, 3.8) is 0 Å². The molecule has 0 spiro atoms. The van der Waals surface area contributed by atoms with Gasteiger partial charge < -0.3 is 4.74 Å². The van der Waals surface area contributed by atoms with E-state index >= 15 is 0 Å². The Kier molecular flexibility index (Phi) is 4.57. The Morgan fingerprint density at radius 2 is 1.64 bits per heavy atom. The molecule has 1 aliphatic carbocycles. The van der Waals surface area contributed by atoms with E-state index in [0.29, 0.717) is 11.1 Å². The molecule has 2 aromatic rings. The lowest BCUT2D eigenvalue weighted by atomic mass is 10.0. The number of Topliss-reactive ketones (excluding diaryl/α,β-unsaturated/α-hetero) is 1. The second-order valence-electron chi connectivity index (χ2n) is 5.34. The average Bonchev–Trinajstić information content (AvgIpc) is 3.00. The van der Waals surface area contributed by atoms with Crippen molar-refractivity contribution in [1.29, 1.82) is 0 Å². The maximum atomic E-state index is 12.2. The van der Waals surface area contributed by atoms with Crippen LogP contribution in [0.2, 0.25) is 0 Å². The lowest BCUT2D eigenvalue weighted by molar-refractivity contribution is 0.0474. The first-order valence-corrected chi connectivity index (χ1v) is 8.29. The van der Waals surface area contributed by atoms with Gasteiger partial charge in [0, 0.05) is 9.13 Å². The van der Waals surface area contributed by atoms with Gasteiger partial charge in [-0.25, -0.2) is 4.79 Å². The van der Waals surface area contributed by atoms with E-state index in [1.54, 1.807) is 12.1 Å². The van der Waals surface area contributed by atoms with E-state index in [9.17, 15) is 9.59 Å². The molecule has 3 nitrogen and oxygen atoms in total. The third-order valence-electron chi connectivity index (χ3n) is 3.83. The number of ether oxygens (including phenoxy) is 1. The zero-order chi connectivity index (χ0) is 15.5. The van der Waals surface area contributed by atoms with Crippen molar-refractivity contribution >= 4 is 34.3 Å². The van der Waals surface area contributed by atoms with Crippen molar-refractivity contribution in [3.05, 3.63) is 68.3 Å². The van der Waals surface area contributed by atoms with Crippen molar-refractivity contribution in [2.75, 3.05) is 6.61 Å². The molecule has 0 bridgehead atoms. The minimum Gasteiger partial charge on any atom is -0.454 e. The number of halogens is 1. The number of carbonyl (C=O) groups excluding carboxylic acids is 2. The summed E-state index contributed by atoms with van der Waals surface area (Å²) in [5, 5.41) is 0. The van der Waals surface area contributed by atoms with Crippen LogP contribution in [0.5, 0.6) is 0 Å². The fourth-order valence-electron chi connectivity index (χ4n) is 2.63. The summed E-state index contributed by atoms with van der Waals surface area (Å²) >= 11 is 2.17. The van der Waals surface area contributed by atoms with Crippen LogP contribution in [0, 0.1) is 3.57 Å². The highest BCUT2D eigenvalue weighted by Gasteiger charge is 2.15. The van der Waals surface area contributed by atoms with Crippen molar-refractivity contribution in [1.82, 2.24) is 0 Å². The molecule has 0 radical (unpaired) electrons. The summed E-state index contributed by atoms with van der Waals surface area (Å²) in [6.45, 7) is -0.219. The molecule has 0 aromatic heterocycles. The summed E-state index contributed by atoms with van der Waals surface area (Å²) in [5.41, 5.74) is 3.65. The number of fused-ring (bicyclic) bond motifs is 1. The molecule has 0 amide bonds. The highest BCUT2D eigenvalue weighted by molar-refractivity contribution is 14.1. The van der Waals surface area contributed by atoms with Crippen LogP contribution >= 0.6 is 22.6 Å². The zero-order valence-corrected chi connectivity index (χ0v) is 14.1. The van der Waals surface area contributed by atoms with E-state index in [2.05, 4.69) is 22.6 Å². The first-order chi connectivity index (χ1) is 10.6. The van der Waals surface area contributed by atoms with Crippen LogP contribution in [-0.4, -0.2) is 18.4 Å². The smallest absolute Gasteiger partial charge is 0.338 e. The molecule has 4 heteroatoms. The summed E-state index contributed by atoms with van der Waals surface area (Å²) in [5.74, 6) is -0.625. The Bertz CT molecular complexity index is 720. The first-order valence-electron chi connectivity index (χ1n) is 7.21. The van der Waals surface area contributed by atoms with Crippen molar-refractivity contribution in [3.8, 4) is 0 Å². The molecule has 0 aliphatic heterocycles. The molecular weight excluding hydrogens is 391 g/mol. The number of hydrogen-bond acceptors (Lipinski definition) is 3. The van der Waals surface area contributed by atoms with Crippen LogP contribution in [0.4, 0.5) is 0 Å². The monoisotopic (exact) mass is 406 g/mol. The van der Waals surface area contributed by atoms with Gasteiger partial charge in [-0.1, -0.05) is 12.1 Å².